The van der Waals surface area contributed by atoms with Crippen molar-refractivity contribution in [2.24, 2.45) is 0 Å². The number of aromatic nitrogens is 1. The van der Waals surface area contributed by atoms with Crippen molar-refractivity contribution in [1.82, 2.24) is 4.57 Å². The molecule has 2 aromatic rings. The summed E-state index contributed by atoms with van der Waals surface area (Å²) in [7, 11) is 0. The molecular formula is C18H25NO5. The molecule has 6 heteroatoms. The van der Waals surface area contributed by atoms with Crippen LogP contribution in [0, 0.1) is 0 Å². The molecule has 2 rings (SSSR count). The Hall–Kier alpha value is -2.05. The standard InChI is InChI=1S/C18H25NO5/c1-3-21-9-10-22-11-12-24-18(20)14-19-8-7-15-13-16(23-4-2)5-6-17(15)19/h5-8,13H,3-4,9-12,14H2,1-2H3. The molecular weight excluding hydrogens is 310 g/mol. The Morgan fingerprint density at radius 2 is 1.79 bits per heavy atom. The average molecular weight is 335 g/mol. The Morgan fingerprint density at radius 1 is 1.00 bits per heavy atom. The molecule has 0 aliphatic carbocycles. The highest BCUT2D eigenvalue weighted by Gasteiger charge is 2.08. The second-order valence-electron chi connectivity index (χ2n) is 5.13. The largest absolute Gasteiger partial charge is 0.494 e. The summed E-state index contributed by atoms with van der Waals surface area (Å²) >= 11 is 0. The van der Waals surface area contributed by atoms with Crippen LogP contribution in [0.25, 0.3) is 10.9 Å². The van der Waals surface area contributed by atoms with Gasteiger partial charge < -0.3 is 23.5 Å². The normalized spacial score (nSPS) is 10.9. The Labute approximate surface area is 142 Å². The van der Waals surface area contributed by atoms with Gasteiger partial charge in [-0.1, -0.05) is 0 Å². The lowest BCUT2D eigenvalue weighted by atomic mass is 10.2. The molecule has 0 amide bonds. The Balaban J connectivity index is 1.76. The molecule has 0 unspecified atom stereocenters. The molecule has 0 atom stereocenters. The third kappa shape index (κ3) is 5.54. The van der Waals surface area contributed by atoms with E-state index in [9.17, 15) is 4.79 Å². The Bertz CT molecular complexity index is 637. The van der Waals surface area contributed by atoms with E-state index in [4.69, 9.17) is 18.9 Å². The van der Waals surface area contributed by atoms with Gasteiger partial charge in [-0.15, -0.1) is 0 Å². The molecule has 1 heterocycles. The van der Waals surface area contributed by atoms with Crippen molar-refractivity contribution in [3.63, 3.8) is 0 Å². The van der Waals surface area contributed by atoms with E-state index in [0.29, 0.717) is 33.0 Å². The van der Waals surface area contributed by atoms with Crippen LogP contribution in [0.15, 0.2) is 30.5 Å². The second kappa shape index (κ2) is 9.95. The molecule has 0 fully saturated rings. The number of hydrogen-bond acceptors (Lipinski definition) is 5. The highest BCUT2D eigenvalue weighted by atomic mass is 16.6. The van der Waals surface area contributed by atoms with Crippen LogP contribution in [0.3, 0.4) is 0 Å². The van der Waals surface area contributed by atoms with E-state index in [2.05, 4.69) is 0 Å². The van der Waals surface area contributed by atoms with Crippen LogP contribution in [0.1, 0.15) is 13.8 Å². The van der Waals surface area contributed by atoms with Crippen LogP contribution >= 0.6 is 0 Å². The van der Waals surface area contributed by atoms with Gasteiger partial charge in [0.15, 0.2) is 0 Å². The number of carbonyl (C=O) groups is 1. The Kier molecular flexibility index (Phi) is 7.58. The lowest BCUT2D eigenvalue weighted by Gasteiger charge is -2.08. The maximum Gasteiger partial charge on any atom is 0.326 e. The van der Waals surface area contributed by atoms with Crippen LogP contribution < -0.4 is 4.74 Å². The molecule has 0 aliphatic rings. The van der Waals surface area contributed by atoms with Gasteiger partial charge in [0.25, 0.3) is 0 Å². The fraction of sp³-hybridized carbons (Fsp3) is 0.500. The summed E-state index contributed by atoms with van der Waals surface area (Å²) in [6.07, 6.45) is 1.88. The first kappa shape index (κ1) is 18.3. The quantitative estimate of drug-likeness (QED) is 0.467. The molecule has 0 bridgehead atoms. The van der Waals surface area contributed by atoms with E-state index in [0.717, 1.165) is 16.7 Å². The summed E-state index contributed by atoms with van der Waals surface area (Å²) in [6, 6.07) is 7.78. The first-order valence-corrected chi connectivity index (χ1v) is 8.27. The van der Waals surface area contributed by atoms with E-state index in [-0.39, 0.29) is 19.1 Å². The van der Waals surface area contributed by atoms with E-state index in [1.807, 2.05) is 48.9 Å². The lowest BCUT2D eigenvalue weighted by Crippen LogP contribution is -2.16. The van der Waals surface area contributed by atoms with Crippen molar-refractivity contribution in [3.8, 4) is 5.75 Å². The van der Waals surface area contributed by atoms with Gasteiger partial charge in [0.1, 0.15) is 18.9 Å². The number of carbonyl (C=O) groups excluding carboxylic acids is 1. The second-order valence-corrected chi connectivity index (χ2v) is 5.13. The molecule has 24 heavy (non-hydrogen) atoms. The van der Waals surface area contributed by atoms with Crippen molar-refractivity contribution in [2.75, 3.05) is 39.6 Å². The van der Waals surface area contributed by atoms with E-state index in [1.54, 1.807) is 0 Å². The zero-order valence-corrected chi connectivity index (χ0v) is 14.3. The summed E-state index contributed by atoms with van der Waals surface area (Å²) in [6.45, 7) is 7.06. The molecule has 0 N–H and O–H groups in total. The van der Waals surface area contributed by atoms with Gasteiger partial charge >= 0.3 is 5.97 Å². The predicted octanol–water partition coefficient (Wildman–Crippen LogP) is 2.64. The van der Waals surface area contributed by atoms with Gasteiger partial charge in [-0.2, -0.15) is 0 Å². The minimum absolute atomic E-state index is 0.177. The van der Waals surface area contributed by atoms with Gasteiger partial charge in [0, 0.05) is 23.7 Å². The maximum atomic E-state index is 11.9. The maximum absolute atomic E-state index is 11.9. The third-order valence-electron chi connectivity index (χ3n) is 3.42. The molecule has 1 aromatic carbocycles. The van der Waals surface area contributed by atoms with Crippen molar-refractivity contribution in [2.45, 2.75) is 20.4 Å². The smallest absolute Gasteiger partial charge is 0.326 e. The van der Waals surface area contributed by atoms with Gasteiger partial charge in [0.2, 0.25) is 0 Å². The van der Waals surface area contributed by atoms with Crippen LogP contribution in [-0.4, -0.2) is 50.2 Å². The minimum atomic E-state index is -0.283. The number of esters is 1. The molecule has 0 saturated carbocycles. The number of nitrogens with zero attached hydrogens (tertiary/aromatic N) is 1. The molecule has 1 aromatic heterocycles. The molecule has 132 valence electrons. The highest BCUT2D eigenvalue weighted by molar-refractivity contribution is 5.83. The van der Waals surface area contributed by atoms with Gasteiger partial charge in [0.05, 0.1) is 26.4 Å². The molecule has 0 saturated heterocycles. The molecule has 0 spiro atoms. The zero-order chi connectivity index (χ0) is 17.2. The summed E-state index contributed by atoms with van der Waals surface area (Å²) in [5.74, 6) is 0.546. The monoisotopic (exact) mass is 335 g/mol. The van der Waals surface area contributed by atoms with Crippen LogP contribution in [-0.2, 0) is 25.5 Å². The fourth-order valence-electron chi connectivity index (χ4n) is 2.34. The van der Waals surface area contributed by atoms with Gasteiger partial charge in [-0.3, -0.25) is 4.79 Å². The van der Waals surface area contributed by atoms with Crippen molar-refractivity contribution in [3.05, 3.63) is 30.5 Å². The van der Waals surface area contributed by atoms with Crippen molar-refractivity contribution >= 4 is 16.9 Å². The van der Waals surface area contributed by atoms with Crippen LogP contribution in [0.4, 0.5) is 0 Å². The topological polar surface area (TPSA) is 58.9 Å². The highest BCUT2D eigenvalue weighted by Crippen LogP contribution is 2.22. The SMILES string of the molecule is CCOCCOCCOC(=O)Cn1ccc2cc(OCC)ccc21. The average Bonchev–Trinajstić information content (AvgIpc) is 2.96. The van der Waals surface area contributed by atoms with E-state index >= 15 is 0 Å². The summed E-state index contributed by atoms with van der Waals surface area (Å²) in [5, 5.41) is 1.04. The summed E-state index contributed by atoms with van der Waals surface area (Å²) in [5.41, 5.74) is 0.975. The number of fused-ring (bicyclic) bond motifs is 1. The lowest BCUT2D eigenvalue weighted by molar-refractivity contribution is -0.145. The minimum Gasteiger partial charge on any atom is -0.494 e. The van der Waals surface area contributed by atoms with E-state index < -0.39 is 0 Å². The van der Waals surface area contributed by atoms with E-state index in [1.165, 1.54) is 0 Å². The molecule has 0 aliphatic heterocycles. The third-order valence-corrected chi connectivity index (χ3v) is 3.42. The molecule has 0 radical (unpaired) electrons. The Morgan fingerprint density at radius 3 is 2.58 bits per heavy atom. The van der Waals surface area contributed by atoms with Gasteiger partial charge in [-0.05, 0) is 38.1 Å². The fourth-order valence-corrected chi connectivity index (χ4v) is 2.34. The summed E-state index contributed by atoms with van der Waals surface area (Å²) < 4.78 is 23.0. The predicted molar refractivity (Wildman–Crippen MR) is 91.4 cm³/mol. The molecule has 6 nitrogen and oxygen atoms in total. The number of rotatable bonds is 11. The van der Waals surface area contributed by atoms with Crippen molar-refractivity contribution < 1.29 is 23.7 Å². The first-order valence-electron chi connectivity index (χ1n) is 8.27. The number of hydrogen-bond donors (Lipinski definition) is 0. The van der Waals surface area contributed by atoms with Crippen LogP contribution in [0.5, 0.6) is 5.75 Å². The number of benzene rings is 1. The number of ether oxygens (including phenoxy) is 4. The van der Waals surface area contributed by atoms with Crippen molar-refractivity contribution in [1.29, 1.82) is 0 Å². The zero-order valence-electron chi connectivity index (χ0n) is 14.3. The van der Waals surface area contributed by atoms with Gasteiger partial charge in [-0.25, -0.2) is 0 Å². The first-order chi connectivity index (χ1) is 11.7. The van der Waals surface area contributed by atoms with Crippen LogP contribution in [0.2, 0.25) is 0 Å². The summed E-state index contributed by atoms with van der Waals surface area (Å²) in [4.78, 5) is 11.9.